The summed E-state index contributed by atoms with van der Waals surface area (Å²) in [7, 11) is 0. The van der Waals surface area contributed by atoms with Gasteiger partial charge in [0.15, 0.2) is 0 Å². The van der Waals surface area contributed by atoms with Crippen molar-refractivity contribution in [3.8, 4) is 5.75 Å². The number of hydrogen-bond acceptors (Lipinski definition) is 3. The van der Waals surface area contributed by atoms with Crippen molar-refractivity contribution in [2.24, 2.45) is 5.92 Å². The van der Waals surface area contributed by atoms with Crippen LogP contribution in [0.5, 0.6) is 5.75 Å². The Kier molecular flexibility index (Phi) is 4.83. The topological polar surface area (TPSA) is 66.8 Å². The molecule has 1 saturated heterocycles. The van der Waals surface area contributed by atoms with Crippen LogP contribution in [0.2, 0.25) is 0 Å². The minimum Gasteiger partial charge on any atom is -0.493 e. The van der Waals surface area contributed by atoms with Gasteiger partial charge in [-0.25, -0.2) is 0 Å². The summed E-state index contributed by atoms with van der Waals surface area (Å²) >= 11 is 0. The molecule has 1 heterocycles. The van der Waals surface area contributed by atoms with E-state index in [0.29, 0.717) is 26.1 Å². The summed E-state index contributed by atoms with van der Waals surface area (Å²) < 4.78 is 5.58. The normalized spacial score (nSPS) is 17.8. The van der Waals surface area contributed by atoms with Gasteiger partial charge in [0.2, 0.25) is 5.91 Å². The zero-order chi connectivity index (χ0) is 15.4. The maximum absolute atomic E-state index is 12.0. The van der Waals surface area contributed by atoms with Crippen molar-refractivity contribution >= 4 is 11.9 Å². The highest BCUT2D eigenvalue weighted by Crippen LogP contribution is 2.18. The van der Waals surface area contributed by atoms with E-state index in [0.717, 1.165) is 11.3 Å². The third kappa shape index (κ3) is 3.97. The predicted molar refractivity (Wildman–Crippen MR) is 78.4 cm³/mol. The summed E-state index contributed by atoms with van der Waals surface area (Å²) in [4.78, 5) is 24.5. The van der Waals surface area contributed by atoms with Crippen LogP contribution in [0.3, 0.4) is 0 Å². The first-order valence-corrected chi connectivity index (χ1v) is 7.18. The monoisotopic (exact) mass is 291 g/mol. The molecule has 1 aromatic carbocycles. The largest absolute Gasteiger partial charge is 0.493 e. The number of carboxylic acid groups (broad SMARTS) is 1. The van der Waals surface area contributed by atoms with Crippen LogP contribution in [0, 0.1) is 19.8 Å². The first kappa shape index (κ1) is 15.4. The number of carboxylic acids is 1. The van der Waals surface area contributed by atoms with Gasteiger partial charge >= 0.3 is 5.97 Å². The van der Waals surface area contributed by atoms with Crippen LogP contribution in [0.25, 0.3) is 0 Å². The number of ether oxygens (including phenoxy) is 1. The van der Waals surface area contributed by atoms with E-state index in [1.165, 1.54) is 5.56 Å². The zero-order valence-corrected chi connectivity index (χ0v) is 12.5. The molecule has 5 heteroatoms. The molecule has 5 nitrogen and oxygen atoms in total. The third-order valence-corrected chi connectivity index (χ3v) is 3.95. The summed E-state index contributed by atoms with van der Waals surface area (Å²) in [6, 6.07) is 5.84. The lowest BCUT2D eigenvalue weighted by atomic mass is 10.1. The highest BCUT2D eigenvalue weighted by Gasteiger charge is 2.30. The van der Waals surface area contributed by atoms with Crippen molar-refractivity contribution < 1.29 is 19.4 Å². The summed E-state index contributed by atoms with van der Waals surface area (Å²) in [5.74, 6) is -0.524. The molecule has 2 rings (SSSR count). The minimum absolute atomic E-state index is 0.0393. The average molecular weight is 291 g/mol. The smallest absolute Gasteiger partial charge is 0.308 e. The van der Waals surface area contributed by atoms with E-state index in [1.807, 2.05) is 32.0 Å². The Morgan fingerprint density at radius 2 is 2.10 bits per heavy atom. The number of carbonyl (C=O) groups is 2. The van der Waals surface area contributed by atoms with Crippen LogP contribution in [0.15, 0.2) is 18.2 Å². The highest BCUT2D eigenvalue weighted by molar-refractivity contribution is 5.78. The lowest BCUT2D eigenvalue weighted by molar-refractivity contribution is -0.141. The van der Waals surface area contributed by atoms with Gasteiger partial charge in [-0.2, -0.15) is 0 Å². The Labute approximate surface area is 124 Å². The van der Waals surface area contributed by atoms with Gasteiger partial charge in [0, 0.05) is 13.1 Å². The molecule has 1 aromatic rings. The Hall–Kier alpha value is -2.04. The molecule has 0 aromatic heterocycles. The van der Waals surface area contributed by atoms with Gasteiger partial charge in [-0.05, 0) is 43.5 Å². The number of rotatable bonds is 5. The van der Waals surface area contributed by atoms with Crippen LogP contribution in [-0.2, 0) is 9.59 Å². The van der Waals surface area contributed by atoms with Crippen molar-refractivity contribution in [1.29, 1.82) is 0 Å². The van der Waals surface area contributed by atoms with Gasteiger partial charge in [0.05, 0.1) is 18.9 Å². The number of carbonyl (C=O) groups excluding carboxylic acids is 1. The van der Waals surface area contributed by atoms with Gasteiger partial charge in [-0.3, -0.25) is 9.59 Å². The second kappa shape index (κ2) is 6.61. The minimum atomic E-state index is -0.823. The SMILES string of the molecule is Cc1ccc(OCCC(=O)N2CCC(C(=O)O)C2)cc1C. The van der Waals surface area contributed by atoms with E-state index >= 15 is 0 Å². The molecule has 0 aliphatic carbocycles. The van der Waals surface area contributed by atoms with Gasteiger partial charge in [-0.15, -0.1) is 0 Å². The quantitative estimate of drug-likeness (QED) is 0.901. The van der Waals surface area contributed by atoms with Gasteiger partial charge in [-0.1, -0.05) is 6.07 Å². The summed E-state index contributed by atoms with van der Waals surface area (Å²) in [5, 5.41) is 8.92. The lowest BCUT2D eigenvalue weighted by Crippen LogP contribution is -2.30. The van der Waals surface area contributed by atoms with Crippen molar-refractivity contribution in [3.63, 3.8) is 0 Å². The fourth-order valence-electron chi connectivity index (χ4n) is 2.41. The second-order valence-electron chi connectivity index (χ2n) is 5.51. The molecule has 1 unspecified atom stereocenters. The highest BCUT2D eigenvalue weighted by atomic mass is 16.5. The first-order chi connectivity index (χ1) is 9.97. The van der Waals surface area contributed by atoms with E-state index in [-0.39, 0.29) is 12.3 Å². The van der Waals surface area contributed by atoms with Crippen molar-refractivity contribution in [2.45, 2.75) is 26.7 Å². The van der Waals surface area contributed by atoms with Crippen molar-refractivity contribution in [1.82, 2.24) is 4.90 Å². The van der Waals surface area contributed by atoms with E-state index in [4.69, 9.17) is 9.84 Å². The predicted octanol–water partition coefficient (Wildman–Crippen LogP) is 2.01. The zero-order valence-electron chi connectivity index (χ0n) is 12.5. The molecule has 0 radical (unpaired) electrons. The Morgan fingerprint density at radius 1 is 1.33 bits per heavy atom. The summed E-state index contributed by atoms with van der Waals surface area (Å²) in [6.45, 7) is 5.21. The number of aryl methyl sites for hydroxylation is 2. The molecule has 0 bridgehead atoms. The van der Waals surface area contributed by atoms with Crippen LogP contribution in [0.4, 0.5) is 0 Å². The fraction of sp³-hybridized carbons (Fsp3) is 0.500. The number of amides is 1. The Morgan fingerprint density at radius 3 is 2.71 bits per heavy atom. The molecule has 0 spiro atoms. The van der Waals surface area contributed by atoms with Gasteiger partial charge in [0.25, 0.3) is 0 Å². The molecule has 1 amide bonds. The molecule has 0 saturated carbocycles. The number of likely N-dealkylation sites (tertiary alicyclic amines) is 1. The fourth-order valence-corrected chi connectivity index (χ4v) is 2.41. The van der Waals surface area contributed by atoms with E-state index in [1.54, 1.807) is 4.90 Å². The molecule has 1 fully saturated rings. The molecule has 1 N–H and O–H groups in total. The van der Waals surface area contributed by atoms with Gasteiger partial charge < -0.3 is 14.7 Å². The number of hydrogen-bond donors (Lipinski definition) is 1. The molecular formula is C16H21NO4. The molecule has 1 aliphatic heterocycles. The number of benzene rings is 1. The van der Waals surface area contributed by atoms with Crippen molar-refractivity contribution in [3.05, 3.63) is 29.3 Å². The van der Waals surface area contributed by atoms with Crippen LogP contribution < -0.4 is 4.74 Å². The van der Waals surface area contributed by atoms with Gasteiger partial charge in [0.1, 0.15) is 5.75 Å². The third-order valence-electron chi connectivity index (χ3n) is 3.95. The van der Waals surface area contributed by atoms with Crippen LogP contribution in [-0.4, -0.2) is 41.6 Å². The molecule has 1 aliphatic rings. The van der Waals surface area contributed by atoms with E-state index in [9.17, 15) is 9.59 Å². The molecule has 114 valence electrons. The number of nitrogens with zero attached hydrogens (tertiary/aromatic N) is 1. The van der Waals surface area contributed by atoms with Crippen LogP contribution in [0.1, 0.15) is 24.0 Å². The molecule has 21 heavy (non-hydrogen) atoms. The maximum Gasteiger partial charge on any atom is 0.308 e. The number of aliphatic carboxylic acids is 1. The summed E-state index contributed by atoms with van der Waals surface area (Å²) in [5.41, 5.74) is 2.36. The Bertz CT molecular complexity index is 541. The Balaban J connectivity index is 1.77. The summed E-state index contributed by atoms with van der Waals surface area (Å²) in [6.07, 6.45) is 0.818. The van der Waals surface area contributed by atoms with Crippen molar-refractivity contribution in [2.75, 3.05) is 19.7 Å². The lowest BCUT2D eigenvalue weighted by Gasteiger charge is -2.16. The van der Waals surface area contributed by atoms with E-state index in [2.05, 4.69) is 0 Å². The van der Waals surface area contributed by atoms with Crippen LogP contribution >= 0.6 is 0 Å². The van der Waals surface area contributed by atoms with E-state index < -0.39 is 11.9 Å². The molecule has 1 atom stereocenters. The average Bonchev–Trinajstić information content (AvgIpc) is 2.92. The second-order valence-corrected chi connectivity index (χ2v) is 5.51. The first-order valence-electron chi connectivity index (χ1n) is 7.18. The standard InChI is InChI=1S/C16H21NO4/c1-11-3-4-14(9-12(11)2)21-8-6-15(18)17-7-5-13(10-17)16(19)20/h3-4,9,13H,5-8,10H2,1-2H3,(H,19,20). The molecular weight excluding hydrogens is 270 g/mol. The maximum atomic E-state index is 12.0.